The molecular formula is C34H23NO. The van der Waals surface area contributed by atoms with Crippen molar-refractivity contribution in [2.75, 3.05) is 4.90 Å². The second-order valence-electron chi connectivity index (χ2n) is 8.96. The molecule has 0 spiro atoms. The Labute approximate surface area is 209 Å². The van der Waals surface area contributed by atoms with Gasteiger partial charge in [0.15, 0.2) is 0 Å². The van der Waals surface area contributed by atoms with Gasteiger partial charge in [-0.05, 0) is 58.8 Å². The molecule has 1 heterocycles. The van der Waals surface area contributed by atoms with E-state index in [0.29, 0.717) is 0 Å². The van der Waals surface area contributed by atoms with Gasteiger partial charge in [0, 0.05) is 27.7 Å². The number of benzene rings is 6. The molecule has 1 aromatic heterocycles. The van der Waals surface area contributed by atoms with Gasteiger partial charge in [-0.15, -0.1) is 0 Å². The lowest BCUT2D eigenvalue weighted by molar-refractivity contribution is 0.669. The normalized spacial score (nSPS) is 11.3. The highest BCUT2D eigenvalue weighted by Gasteiger charge is 2.22. The van der Waals surface area contributed by atoms with Crippen LogP contribution in [0, 0.1) is 0 Å². The molecule has 6 aromatic carbocycles. The van der Waals surface area contributed by atoms with E-state index in [9.17, 15) is 0 Å². The largest absolute Gasteiger partial charge is 0.456 e. The second kappa shape index (κ2) is 8.44. The smallest absolute Gasteiger partial charge is 0.136 e. The summed E-state index contributed by atoms with van der Waals surface area (Å²) >= 11 is 0. The van der Waals surface area contributed by atoms with Crippen LogP contribution in [0.1, 0.15) is 0 Å². The molecule has 0 bridgehead atoms. The topological polar surface area (TPSA) is 16.4 Å². The molecule has 2 heteroatoms. The lowest BCUT2D eigenvalue weighted by atomic mass is 9.92. The van der Waals surface area contributed by atoms with Gasteiger partial charge in [0.1, 0.15) is 11.2 Å². The summed E-state index contributed by atoms with van der Waals surface area (Å²) in [6.45, 7) is 0. The maximum atomic E-state index is 6.28. The van der Waals surface area contributed by atoms with Crippen molar-refractivity contribution in [1.29, 1.82) is 0 Å². The third kappa shape index (κ3) is 3.27. The monoisotopic (exact) mass is 461 g/mol. The van der Waals surface area contributed by atoms with Gasteiger partial charge in [-0.25, -0.2) is 0 Å². The van der Waals surface area contributed by atoms with Crippen LogP contribution in [0.15, 0.2) is 144 Å². The zero-order chi connectivity index (χ0) is 23.9. The van der Waals surface area contributed by atoms with Gasteiger partial charge in [-0.1, -0.05) is 97.1 Å². The lowest BCUT2D eigenvalue weighted by Gasteiger charge is -2.29. The summed E-state index contributed by atoms with van der Waals surface area (Å²) < 4.78 is 6.28. The molecule has 0 N–H and O–H groups in total. The van der Waals surface area contributed by atoms with Crippen LogP contribution in [-0.4, -0.2) is 0 Å². The minimum atomic E-state index is 0.901. The third-order valence-corrected chi connectivity index (χ3v) is 6.85. The van der Waals surface area contributed by atoms with Crippen LogP contribution in [-0.2, 0) is 0 Å². The fourth-order valence-corrected chi connectivity index (χ4v) is 5.29. The van der Waals surface area contributed by atoms with Gasteiger partial charge >= 0.3 is 0 Å². The molecule has 0 aliphatic heterocycles. The molecule has 2 nitrogen and oxygen atoms in total. The van der Waals surface area contributed by atoms with E-state index in [4.69, 9.17) is 4.42 Å². The molecule has 0 saturated heterocycles. The van der Waals surface area contributed by atoms with Crippen LogP contribution in [0.2, 0.25) is 0 Å². The molecule has 0 aliphatic carbocycles. The predicted octanol–water partition coefficient (Wildman–Crippen LogP) is 9.88. The van der Waals surface area contributed by atoms with Crippen molar-refractivity contribution < 1.29 is 4.42 Å². The molecule has 0 atom stereocenters. The summed E-state index contributed by atoms with van der Waals surface area (Å²) in [4.78, 5) is 2.35. The zero-order valence-corrected chi connectivity index (χ0v) is 19.6. The number of para-hydroxylation sites is 3. The predicted molar refractivity (Wildman–Crippen MR) is 151 cm³/mol. The Morgan fingerprint density at radius 2 is 1.06 bits per heavy atom. The van der Waals surface area contributed by atoms with Gasteiger partial charge in [0.05, 0.1) is 5.69 Å². The lowest BCUT2D eigenvalue weighted by Crippen LogP contribution is -2.11. The van der Waals surface area contributed by atoms with Crippen molar-refractivity contribution >= 4 is 49.8 Å². The third-order valence-electron chi connectivity index (χ3n) is 6.85. The highest BCUT2D eigenvalue weighted by Crippen LogP contribution is 2.47. The van der Waals surface area contributed by atoms with Crippen molar-refractivity contribution in [3.8, 4) is 11.1 Å². The number of rotatable bonds is 4. The van der Waals surface area contributed by atoms with Crippen LogP contribution >= 0.6 is 0 Å². The molecule has 0 fully saturated rings. The first-order valence-electron chi connectivity index (χ1n) is 12.2. The van der Waals surface area contributed by atoms with Gasteiger partial charge in [-0.3, -0.25) is 0 Å². The minimum Gasteiger partial charge on any atom is -0.456 e. The van der Waals surface area contributed by atoms with Gasteiger partial charge in [0.25, 0.3) is 0 Å². The molecule has 0 radical (unpaired) electrons. The summed E-state index contributed by atoms with van der Waals surface area (Å²) in [7, 11) is 0. The number of hydrogen-bond acceptors (Lipinski definition) is 2. The quantitative estimate of drug-likeness (QED) is 0.259. The Balaban J connectivity index is 1.62. The van der Waals surface area contributed by atoms with E-state index >= 15 is 0 Å². The highest BCUT2D eigenvalue weighted by atomic mass is 16.3. The van der Waals surface area contributed by atoms with Crippen LogP contribution in [0.5, 0.6) is 0 Å². The summed E-state index contributed by atoms with van der Waals surface area (Å²) in [6, 6.07) is 49.0. The van der Waals surface area contributed by atoms with Crippen molar-refractivity contribution in [2.24, 2.45) is 0 Å². The van der Waals surface area contributed by atoms with E-state index in [2.05, 4.69) is 132 Å². The summed E-state index contributed by atoms with van der Waals surface area (Å²) in [5.41, 5.74) is 7.53. The van der Waals surface area contributed by atoms with E-state index in [1.165, 1.54) is 21.9 Å². The molecule has 0 amide bonds. The van der Waals surface area contributed by atoms with Crippen LogP contribution in [0.4, 0.5) is 17.1 Å². The number of nitrogens with zero attached hydrogens (tertiary/aromatic N) is 1. The second-order valence-corrected chi connectivity index (χ2v) is 8.96. The first-order chi connectivity index (χ1) is 17.9. The fourth-order valence-electron chi connectivity index (χ4n) is 5.29. The maximum absolute atomic E-state index is 6.28. The minimum absolute atomic E-state index is 0.901. The number of anilines is 3. The standard InChI is InChI=1S/C34H23NO/c1-3-13-25(14-4-1)35(26-15-5-2-6-16-26)30-23-22-24-12-7-8-17-27(24)33(30)29-19-11-21-32-34(29)28-18-9-10-20-31(28)36-32/h1-23H. The van der Waals surface area contributed by atoms with Crippen molar-refractivity contribution in [1.82, 2.24) is 0 Å². The summed E-state index contributed by atoms with van der Waals surface area (Å²) in [5.74, 6) is 0. The molecule has 0 unspecified atom stereocenters. The van der Waals surface area contributed by atoms with Crippen LogP contribution in [0.3, 0.4) is 0 Å². The molecule has 7 aromatic rings. The first-order valence-corrected chi connectivity index (χ1v) is 12.2. The molecule has 36 heavy (non-hydrogen) atoms. The SMILES string of the molecule is c1ccc(N(c2ccccc2)c2ccc3ccccc3c2-c2cccc3oc4ccccc4c23)cc1. The van der Waals surface area contributed by atoms with Gasteiger partial charge in [-0.2, -0.15) is 0 Å². The van der Waals surface area contributed by atoms with Crippen LogP contribution in [0.25, 0.3) is 43.8 Å². The van der Waals surface area contributed by atoms with Crippen molar-refractivity contribution in [3.05, 3.63) is 140 Å². The van der Waals surface area contributed by atoms with E-state index in [0.717, 1.165) is 39.0 Å². The average Bonchev–Trinajstić information content (AvgIpc) is 3.33. The number of furan rings is 1. The highest BCUT2D eigenvalue weighted by molar-refractivity contribution is 6.18. The van der Waals surface area contributed by atoms with Crippen molar-refractivity contribution in [3.63, 3.8) is 0 Å². The Bertz CT molecular complexity index is 1790. The van der Waals surface area contributed by atoms with E-state index in [1.807, 2.05) is 12.1 Å². The zero-order valence-electron chi connectivity index (χ0n) is 19.6. The molecule has 7 rings (SSSR count). The fraction of sp³-hybridized carbons (Fsp3) is 0. The number of fused-ring (bicyclic) bond motifs is 4. The van der Waals surface area contributed by atoms with Crippen molar-refractivity contribution in [2.45, 2.75) is 0 Å². The summed E-state index contributed by atoms with van der Waals surface area (Å²) in [6.07, 6.45) is 0. The average molecular weight is 462 g/mol. The van der Waals surface area contributed by atoms with E-state index in [1.54, 1.807) is 0 Å². The Kier molecular flexibility index (Phi) is 4.82. The van der Waals surface area contributed by atoms with Crippen LogP contribution < -0.4 is 4.90 Å². The Hall–Kier alpha value is -4.82. The maximum Gasteiger partial charge on any atom is 0.136 e. The molecule has 0 aliphatic rings. The molecule has 170 valence electrons. The Morgan fingerprint density at radius 1 is 0.444 bits per heavy atom. The molecular weight excluding hydrogens is 438 g/mol. The van der Waals surface area contributed by atoms with E-state index in [-0.39, 0.29) is 0 Å². The summed E-state index contributed by atoms with van der Waals surface area (Å²) in [5, 5.41) is 4.70. The van der Waals surface area contributed by atoms with E-state index < -0.39 is 0 Å². The number of hydrogen-bond donors (Lipinski definition) is 0. The first kappa shape index (κ1) is 20.5. The van der Waals surface area contributed by atoms with Gasteiger partial charge < -0.3 is 9.32 Å². The molecule has 0 saturated carbocycles. The van der Waals surface area contributed by atoms with Gasteiger partial charge in [0.2, 0.25) is 0 Å². The Morgan fingerprint density at radius 3 is 1.81 bits per heavy atom.